The molecule has 1 amide bonds. The fourth-order valence-corrected chi connectivity index (χ4v) is 1.90. The third-order valence-electron chi connectivity index (χ3n) is 2.76. The number of halogens is 1. The van der Waals surface area contributed by atoms with E-state index < -0.39 is 0 Å². The van der Waals surface area contributed by atoms with Gasteiger partial charge in [-0.05, 0) is 24.6 Å². The first-order valence-electron chi connectivity index (χ1n) is 6.38. The summed E-state index contributed by atoms with van der Waals surface area (Å²) in [4.78, 5) is 13.5. The van der Waals surface area contributed by atoms with Gasteiger partial charge in [-0.3, -0.25) is 9.69 Å². The van der Waals surface area contributed by atoms with Gasteiger partial charge in [0.05, 0.1) is 36.6 Å². The molecule has 0 aliphatic carbocycles. The van der Waals surface area contributed by atoms with Crippen molar-refractivity contribution in [2.45, 2.75) is 12.8 Å². The van der Waals surface area contributed by atoms with Crippen molar-refractivity contribution in [2.24, 2.45) is 0 Å². The van der Waals surface area contributed by atoms with Crippen LogP contribution in [0.5, 0.6) is 0 Å². The van der Waals surface area contributed by atoms with Crippen molar-refractivity contribution < 1.29 is 4.79 Å². The molecular weight excluding hydrogens is 290 g/mol. The smallest absolute Gasteiger partial charge is 0.224 e. The number of benzene rings is 1. The van der Waals surface area contributed by atoms with Crippen LogP contribution in [-0.4, -0.2) is 30.4 Å². The highest BCUT2D eigenvalue weighted by Crippen LogP contribution is 2.23. The van der Waals surface area contributed by atoms with Crippen LogP contribution in [0.4, 0.5) is 11.4 Å². The van der Waals surface area contributed by atoms with Gasteiger partial charge in [0.2, 0.25) is 5.91 Å². The Labute approximate surface area is 128 Å². The highest BCUT2D eigenvalue weighted by atomic mass is 35.5. The van der Waals surface area contributed by atoms with E-state index in [0.29, 0.717) is 29.4 Å². The minimum Gasteiger partial charge on any atom is -0.397 e. The van der Waals surface area contributed by atoms with Crippen molar-refractivity contribution in [3.63, 3.8) is 0 Å². The van der Waals surface area contributed by atoms with E-state index in [9.17, 15) is 4.79 Å². The van der Waals surface area contributed by atoms with Gasteiger partial charge in [0, 0.05) is 18.0 Å². The van der Waals surface area contributed by atoms with Crippen LogP contribution in [0.1, 0.15) is 12.8 Å². The highest BCUT2D eigenvalue weighted by molar-refractivity contribution is 6.31. The first kappa shape index (κ1) is 16.8. The largest absolute Gasteiger partial charge is 0.397 e. The minimum atomic E-state index is -0.183. The summed E-state index contributed by atoms with van der Waals surface area (Å²) in [5, 5.41) is 20.4. The molecule has 0 atom stereocenters. The molecule has 0 saturated heterocycles. The van der Waals surface area contributed by atoms with Crippen LogP contribution in [0.15, 0.2) is 18.2 Å². The van der Waals surface area contributed by atoms with Gasteiger partial charge in [0.25, 0.3) is 0 Å². The van der Waals surface area contributed by atoms with Gasteiger partial charge in [-0.15, -0.1) is 0 Å². The van der Waals surface area contributed by atoms with Gasteiger partial charge < -0.3 is 11.1 Å². The van der Waals surface area contributed by atoms with E-state index in [1.807, 2.05) is 12.1 Å². The number of hydrogen-bond acceptors (Lipinski definition) is 5. The van der Waals surface area contributed by atoms with E-state index in [4.69, 9.17) is 27.9 Å². The number of amides is 1. The molecule has 21 heavy (non-hydrogen) atoms. The van der Waals surface area contributed by atoms with Crippen LogP contribution in [0, 0.1) is 22.7 Å². The zero-order chi connectivity index (χ0) is 15.7. The van der Waals surface area contributed by atoms with Gasteiger partial charge in [0.1, 0.15) is 0 Å². The standard InChI is InChI=1S/C14H16ClN5O/c15-11-3-4-12(18)13(10-11)19-14(21)2-1-7-20(8-5-16)9-6-17/h3-4,10H,1-2,7-9,18H2,(H,19,21). The zero-order valence-corrected chi connectivity index (χ0v) is 12.2. The number of anilines is 2. The molecule has 1 aromatic carbocycles. The van der Waals surface area contributed by atoms with Crippen LogP contribution < -0.4 is 11.1 Å². The number of hydrogen-bond donors (Lipinski definition) is 2. The monoisotopic (exact) mass is 305 g/mol. The van der Waals surface area contributed by atoms with E-state index in [0.717, 1.165) is 0 Å². The lowest BCUT2D eigenvalue weighted by Crippen LogP contribution is -2.26. The summed E-state index contributed by atoms with van der Waals surface area (Å²) in [5.41, 5.74) is 6.67. The molecule has 0 aliphatic rings. The second kappa shape index (κ2) is 8.80. The molecule has 0 unspecified atom stereocenters. The normalized spacial score (nSPS) is 9.90. The van der Waals surface area contributed by atoms with E-state index in [2.05, 4.69) is 5.32 Å². The predicted octanol–water partition coefficient (Wildman–Crippen LogP) is 1.99. The highest BCUT2D eigenvalue weighted by Gasteiger charge is 2.08. The van der Waals surface area contributed by atoms with Crippen molar-refractivity contribution >= 4 is 28.9 Å². The van der Waals surface area contributed by atoms with E-state index in [1.165, 1.54) is 0 Å². The zero-order valence-electron chi connectivity index (χ0n) is 11.5. The van der Waals surface area contributed by atoms with Gasteiger partial charge >= 0.3 is 0 Å². The number of nitrogen functional groups attached to an aromatic ring is 1. The van der Waals surface area contributed by atoms with Crippen LogP contribution in [-0.2, 0) is 4.79 Å². The lowest BCUT2D eigenvalue weighted by Gasteiger charge is -2.14. The fraction of sp³-hybridized carbons (Fsp3) is 0.357. The molecule has 110 valence electrons. The predicted molar refractivity (Wildman–Crippen MR) is 81.4 cm³/mol. The maximum Gasteiger partial charge on any atom is 0.224 e. The van der Waals surface area contributed by atoms with E-state index in [-0.39, 0.29) is 25.4 Å². The Kier molecular flexibility index (Phi) is 7.03. The van der Waals surface area contributed by atoms with Gasteiger partial charge in [0.15, 0.2) is 0 Å². The summed E-state index contributed by atoms with van der Waals surface area (Å²) in [5.74, 6) is -0.183. The quantitative estimate of drug-likeness (QED) is 0.592. The summed E-state index contributed by atoms with van der Waals surface area (Å²) in [6.45, 7) is 0.867. The number of nitrogens with one attached hydrogen (secondary N) is 1. The average molecular weight is 306 g/mol. The minimum absolute atomic E-state index is 0.177. The average Bonchev–Trinajstić information content (AvgIpc) is 2.43. The third-order valence-corrected chi connectivity index (χ3v) is 2.99. The summed E-state index contributed by atoms with van der Waals surface area (Å²) < 4.78 is 0. The van der Waals surface area contributed by atoms with Crippen LogP contribution in [0.2, 0.25) is 5.02 Å². The summed E-state index contributed by atoms with van der Waals surface area (Å²) in [6, 6.07) is 8.84. The lowest BCUT2D eigenvalue weighted by atomic mass is 10.2. The number of nitrogens with zero attached hydrogens (tertiary/aromatic N) is 3. The molecule has 0 fully saturated rings. The molecule has 0 aromatic heterocycles. The molecule has 0 bridgehead atoms. The number of carbonyl (C=O) groups excluding carboxylic acids is 1. The van der Waals surface area contributed by atoms with Crippen LogP contribution >= 0.6 is 11.6 Å². The number of nitriles is 2. The summed E-state index contributed by atoms with van der Waals surface area (Å²) in [6.07, 6.45) is 0.828. The maximum atomic E-state index is 11.8. The lowest BCUT2D eigenvalue weighted by molar-refractivity contribution is -0.116. The van der Waals surface area contributed by atoms with Crippen molar-refractivity contribution in [1.82, 2.24) is 4.90 Å². The number of nitrogens with two attached hydrogens (primary N) is 1. The van der Waals surface area contributed by atoms with E-state index in [1.54, 1.807) is 23.1 Å². The molecule has 1 rings (SSSR count). The Morgan fingerprint density at radius 3 is 2.62 bits per heavy atom. The molecular formula is C14H16ClN5O. The molecule has 0 spiro atoms. The second-order valence-corrected chi connectivity index (χ2v) is 4.85. The molecule has 0 saturated carbocycles. The molecule has 0 aliphatic heterocycles. The summed E-state index contributed by atoms with van der Waals surface area (Å²) in [7, 11) is 0. The van der Waals surface area contributed by atoms with Crippen LogP contribution in [0.25, 0.3) is 0 Å². The van der Waals surface area contributed by atoms with Crippen molar-refractivity contribution in [3.8, 4) is 12.1 Å². The van der Waals surface area contributed by atoms with Crippen molar-refractivity contribution in [2.75, 3.05) is 30.7 Å². The van der Waals surface area contributed by atoms with Gasteiger partial charge in [-0.1, -0.05) is 11.6 Å². The SMILES string of the molecule is N#CCN(CC#N)CCCC(=O)Nc1cc(Cl)ccc1N. The molecule has 1 aromatic rings. The fourth-order valence-electron chi connectivity index (χ4n) is 1.73. The number of carbonyl (C=O) groups is 1. The third kappa shape index (κ3) is 6.13. The Morgan fingerprint density at radius 2 is 2.00 bits per heavy atom. The van der Waals surface area contributed by atoms with Gasteiger partial charge in [-0.2, -0.15) is 10.5 Å². The molecule has 0 heterocycles. The van der Waals surface area contributed by atoms with Crippen molar-refractivity contribution in [1.29, 1.82) is 10.5 Å². The molecule has 0 radical (unpaired) electrons. The van der Waals surface area contributed by atoms with E-state index >= 15 is 0 Å². The van der Waals surface area contributed by atoms with Gasteiger partial charge in [-0.25, -0.2) is 0 Å². The van der Waals surface area contributed by atoms with Crippen LogP contribution in [0.3, 0.4) is 0 Å². The summed E-state index contributed by atoms with van der Waals surface area (Å²) >= 11 is 5.84. The number of rotatable bonds is 7. The first-order chi connectivity index (χ1) is 10.1. The van der Waals surface area contributed by atoms with Crippen molar-refractivity contribution in [3.05, 3.63) is 23.2 Å². The molecule has 7 heteroatoms. The Morgan fingerprint density at radius 1 is 1.33 bits per heavy atom. The second-order valence-electron chi connectivity index (χ2n) is 4.41. The Hall–Kier alpha value is -2.28. The Balaban J connectivity index is 2.42. The molecule has 6 nitrogen and oxygen atoms in total. The first-order valence-corrected chi connectivity index (χ1v) is 6.75. The topological polar surface area (TPSA) is 106 Å². The Bertz CT molecular complexity index is 560. The maximum absolute atomic E-state index is 11.8. The molecule has 3 N–H and O–H groups in total.